The van der Waals surface area contributed by atoms with E-state index in [1.807, 2.05) is 0 Å². The van der Waals surface area contributed by atoms with Crippen molar-refractivity contribution in [2.75, 3.05) is 21.1 Å². The van der Waals surface area contributed by atoms with Gasteiger partial charge in [0.15, 0.2) is 0 Å². The molecule has 1 aliphatic rings. The molecule has 2 heteroatoms. The lowest BCUT2D eigenvalue weighted by atomic mass is 9.72. The molecule has 0 bridgehead atoms. The molecule has 1 aliphatic carbocycles. The zero-order chi connectivity index (χ0) is 14.8. The molecule has 1 fully saturated rings. The summed E-state index contributed by atoms with van der Waals surface area (Å²) in [6.45, 7) is 4.43. The highest BCUT2D eigenvalue weighted by Gasteiger charge is 2.42. The van der Waals surface area contributed by atoms with Crippen LogP contribution in [0.1, 0.15) is 54.8 Å². The van der Waals surface area contributed by atoms with Gasteiger partial charge in [0.05, 0.1) is 6.04 Å². The molecule has 1 aromatic rings. The molecule has 112 valence electrons. The van der Waals surface area contributed by atoms with Crippen LogP contribution in [0.5, 0.6) is 0 Å². The van der Waals surface area contributed by atoms with Crippen LogP contribution in [-0.2, 0) is 0 Å². The van der Waals surface area contributed by atoms with Crippen molar-refractivity contribution in [3.05, 3.63) is 34.9 Å². The monoisotopic (exact) mass is 274 g/mol. The summed E-state index contributed by atoms with van der Waals surface area (Å²) < 4.78 is 0. The van der Waals surface area contributed by atoms with Crippen molar-refractivity contribution >= 4 is 0 Å². The van der Waals surface area contributed by atoms with Crippen LogP contribution in [0.2, 0.25) is 0 Å². The maximum atomic E-state index is 3.64. The minimum Gasteiger partial charge on any atom is -0.311 e. The predicted molar refractivity (Wildman–Crippen MR) is 87.2 cm³/mol. The Morgan fingerprint density at radius 1 is 1.10 bits per heavy atom. The second kappa shape index (κ2) is 6.28. The maximum absolute atomic E-state index is 3.64. The van der Waals surface area contributed by atoms with E-state index in [9.17, 15) is 0 Å². The molecule has 0 aliphatic heterocycles. The van der Waals surface area contributed by atoms with Gasteiger partial charge in [-0.3, -0.25) is 0 Å². The normalized spacial score (nSPS) is 20.1. The van der Waals surface area contributed by atoms with E-state index in [-0.39, 0.29) is 5.54 Å². The molecule has 0 saturated heterocycles. The first-order valence-corrected chi connectivity index (χ1v) is 7.93. The maximum Gasteiger partial charge on any atom is 0.0507 e. The number of benzene rings is 1. The number of nitrogens with zero attached hydrogens (tertiary/aromatic N) is 1. The summed E-state index contributed by atoms with van der Waals surface area (Å²) in [6, 6.07) is 7.27. The molecule has 0 heterocycles. The average Bonchev–Trinajstić information content (AvgIpc) is 2.44. The van der Waals surface area contributed by atoms with Crippen molar-refractivity contribution in [3.8, 4) is 0 Å². The molecule has 1 N–H and O–H groups in total. The van der Waals surface area contributed by atoms with E-state index in [0.29, 0.717) is 6.04 Å². The van der Waals surface area contributed by atoms with E-state index in [0.717, 1.165) is 0 Å². The van der Waals surface area contributed by atoms with Crippen LogP contribution in [0.4, 0.5) is 0 Å². The first kappa shape index (κ1) is 15.5. The van der Waals surface area contributed by atoms with Gasteiger partial charge in [-0.05, 0) is 59.0 Å². The van der Waals surface area contributed by atoms with E-state index < -0.39 is 0 Å². The van der Waals surface area contributed by atoms with Gasteiger partial charge in [-0.15, -0.1) is 0 Å². The lowest BCUT2D eigenvalue weighted by Gasteiger charge is -2.49. The molecule has 0 radical (unpaired) electrons. The van der Waals surface area contributed by atoms with Crippen LogP contribution in [0.25, 0.3) is 0 Å². The highest BCUT2D eigenvalue weighted by Crippen LogP contribution is 2.42. The Bertz CT molecular complexity index is 445. The van der Waals surface area contributed by atoms with Crippen LogP contribution >= 0.6 is 0 Å². The zero-order valence-corrected chi connectivity index (χ0v) is 13.8. The quantitative estimate of drug-likeness (QED) is 0.897. The fourth-order valence-electron chi connectivity index (χ4n) is 3.94. The van der Waals surface area contributed by atoms with Gasteiger partial charge in [-0.25, -0.2) is 0 Å². The van der Waals surface area contributed by atoms with Crippen molar-refractivity contribution in [2.45, 2.75) is 57.5 Å². The van der Waals surface area contributed by atoms with E-state index in [1.165, 1.54) is 48.8 Å². The molecule has 0 spiro atoms. The SMILES string of the molecule is CNC(c1cc(C)ccc1C)C1(N(C)C)CCCCC1. The summed E-state index contributed by atoms with van der Waals surface area (Å²) in [7, 11) is 6.62. The molecule has 1 unspecified atom stereocenters. The third kappa shape index (κ3) is 2.77. The number of nitrogens with one attached hydrogen (secondary N) is 1. The average molecular weight is 274 g/mol. The third-order valence-corrected chi connectivity index (χ3v) is 5.18. The van der Waals surface area contributed by atoms with Crippen molar-refractivity contribution in [3.63, 3.8) is 0 Å². The standard InChI is InChI=1S/C18H30N2/c1-14-9-10-15(2)16(13-14)17(19-3)18(20(4)5)11-7-6-8-12-18/h9-10,13,17,19H,6-8,11-12H2,1-5H3. The van der Waals surface area contributed by atoms with Gasteiger partial charge in [-0.2, -0.15) is 0 Å². The first-order chi connectivity index (χ1) is 9.51. The van der Waals surface area contributed by atoms with E-state index >= 15 is 0 Å². The largest absolute Gasteiger partial charge is 0.311 e. The Hall–Kier alpha value is -0.860. The van der Waals surface area contributed by atoms with Gasteiger partial charge in [0.1, 0.15) is 0 Å². The Kier molecular flexibility index (Phi) is 4.87. The van der Waals surface area contributed by atoms with E-state index in [1.54, 1.807) is 0 Å². The minimum atomic E-state index is 0.256. The molecule has 1 atom stereocenters. The third-order valence-electron chi connectivity index (χ3n) is 5.18. The molecular formula is C18H30N2. The molecule has 1 saturated carbocycles. The van der Waals surface area contributed by atoms with Crippen molar-refractivity contribution in [1.82, 2.24) is 10.2 Å². The number of likely N-dealkylation sites (N-methyl/N-ethyl adjacent to an activating group) is 2. The van der Waals surface area contributed by atoms with Gasteiger partial charge in [0.2, 0.25) is 0 Å². The number of hydrogen-bond donors (Lipinski definition) is 1. The topological polar surface area (TPSA) is 15.3 Å². The summed E-state index contributed by atoms with van der Waals surface area (Å²) in [5.41, 5.74) is 4.49. The van der Waals surface area contributed by atoms with E-state index in [4.69, 9.17) is 0 Å². The molecule has 2 rings (SSSR count). The zero-order valence-electron chi connectivity index (χ0n) is 13.8. The minimum absolute atomic E-state index is 0.256. The number of rotatable bonds is 4. The smallest absolute Gasteiger partial charge is 0.0507 e. The second-order valence-electron chi connectivity index (χ2n) is 6.64. The van der Waals surface area contributed by atoms with Gasteiger partial charge >= 0.3 is 0 Å². The summed E-state index contributed by atoms with van der Waals surface area (Å²) in [5, 5.41) is 3.64. The summed E-state index contributed by atoms with van der Waals surface area (Å²) in [4.78, 5) is 2.47. The van der Waals surface area contributed by atoms with Gasteiger partial charge in [0.25, 0.3) is 0 Å². The fraction of sp³-hybridized carbons (Fsp3) is 0.667. The van der Waals surface area contributed by atoms with Gasteiger partial charge in [0, 0.05) is 5.54 Å². The number of hydrogen-bond acceptors (Lipinski definition) is 2. The Morgan fingerprint density at radius 3 is 2.30 bits per heavy atom. The number of aryl methyl sites for hydroxylation is 2. The van der Waals surface area contributed by atoms with Crippen molar-refractivity contribution < 1.29 is 0 Å². The summed E-state index contributed by atoms with van der Waals surface area (Å²) in [5.74, 6) is 0. The van der Waals surface area contributed by atoms with Crippen LogP contribution in [0, 0.1) is 13.8 Å². The first-order valence-electron chi connectivity index (χ1n) is 7.93. The summed E-state index contributed by atoms with van der Waals surface area (Å²) >= 11 is 0. The van der Waals surface area contributed by atoms with Gasteiger partial charge in [-0.1, -0.05) is 43.0 Å². The van der Waals surface area contributed by atoms with Crippen LogP contribution < -0.4 is 5.32 Å². The van der Waals surface area contributed by atoms with Crippen molar-refractivity contribution in [1.29, 1.82) is 0 Å². The second-order valence-corrected chi connectivity index (χ2v) is 6.64. The molecule has 2 nitrogen and oxygen atoms in total. The highest BCUT2D eigenvalue weighted by molar-refractivity contribution is 5.35. The lowest BCUT2D eigenvalue weighted by Crippen LogP contribution is -2.54. The predicted octanol–water partition coefficient (Wildman–Crippen LogP) is 3.83. The van der Waals surface area contributed by atoms with Crippen LogP contribution in [0.15, 0.2) is 18.2 Å². The molecular weight excluding hydrogens is 244 g/mol. The summed E-state index contributed by atoms with van der Waals surface area (Å²) in [6.07, 6.45) is 6.67. The van der Waals surface area contributed by atoms with E-state index in [2.05, 4.69) is 63.4 Å². The van der Waals surface area contributed by atoms with Crippen LogP contribution in [-0.4, -0.2) is 31.6 Å². The van der Waals surface area contributed by atoms with Crippen molar-refractivity contribution in [2.24, 2.45) is 0 Å². The van der Waals surface area contributed by atoms with Crippen LogP contribution in [0.3, 0.4) is 0 Å². The molecule has 0 amide bonds. The Balaban J connectivity index is 2.45. The Morgan fingerprint density at radius 2 is 1.75 bits per heavy atom. The highest BCUT2D eigenvalue weighted by atomic mass is 15.2. The lowest BCUT2D eigenvalue weighted by molar-refractivity contribution is 0.0592. The Labute approximate surface area is 124 Å². The van der Waals surface area contributed by atoms with Gasteiger partial charge < -0.3 is 10.2 Å². The molecule has 20 heavy (non-hydrogen) atoms. The molecule has 0 aromatic heterocycles. The molecule has 1 aromatic carbocycles. The fourth-order valence-corrected chi connectivity index (χ4v) is 3.94.